The second-order valence-electron chi connectivity index (χ2n) is 7.75. The first-order chi connectivity index (χ1) is 13.4. The first-order valence-electron chi connectivity index (χ1n) is 9.52. The van der Waals surface area contributed by atoms with Gasteiger partial charge in [0.05, 0.1) is 34.3 Å². The minimum atomic E-state index is -3.98. The summed E-state index contributed by atoms with van der Waals surface area (Å²) in [6.07, 6.45) is -1.04. The van der Waals surface area contributed by atoms with Gasteiger partial charge in [-0.25, -0.2) is 16.8 Å². The summed E-state index contributed by atoms with van der Waals surface area (Å²) >= 11 is 6.19. The fourth-order valence-corrected chi connectivity index (χ4v) is 7.57. The third-order valence-corrected chi connectivity index (χ3v) is 9.07. The molecule has 11 heteroatoms. The van der Waals surface area contributed by atoms with Gasteiger partial charge in [-0.05, 0) is 45.9 Å². The van der Waals surface area contributed by atoms with E-state index in [1.165, 1.54) is 20.7 Å². The molecule has 0 radical (unpaired) electrons. The number of halogens is 1. The molecule has 29 heavy (non-hydrogen) atoms. The van der Waals surface area contributed by atoms with E-state index in [-0.39, 0.29) is 65.4 Å². The third kappa shape index (κ3) is 4.79. The summed E-state index contributed by atoms with van der Waals surface area (Å²) in [4.78, 5) is -0.313. The molecule has 1 aromatic carbocycles. The number of hydrogen-bond donors (Lipinski definition) is 0. The maximum Gasteiger partial charge on any atom is 0.244 e. The van der Waals surface area contributed by atoms with Crippen LogP contribution < -0.4 is 0 Å². The lowest BCUT2D eigenvalue weighted by molar-refractivity contribution is -0.0441. The van der Waals surface area contributed by atoms with E-state index in [2.05, 4.69) is 0 Å². The Kier molecular flexibility index (Phi) is 6.65. The molecule has 0 aromatic heterocycles. The fraction of sp³-hybridized carbons (Fsp3) is 0.667. The highest BCUT2D eigenvalue weighted by Gasteiger charge is 2.36. The summed E-state index contributed by atoms with van der Waals surface area (Å²) in [5.41, 5.74) is 0. The monoisotopic (exact) mass is 466 g/mol. The predicted octanol–water partition coefficient (Wildman–Crippen LogP) is 1.94. The van der Waals surface area contributed by atoms with Crippen LogP contribution in [0.25, 0.3) is 0 Å². The number of nitrogens with zero attached hydrogens (tertiary/aromatic N) is 2. The fourth-order valence-electron chi connectivity index (χ4n) is 3.78. The molecule has 8 nitrogen and oxygen atoms in total. The summed E-state index contributed by atoms with van der Waals surface area (Å²) in [7, 11) is -7.87. The van der Waals surface area contributed by atoms with E-state index < -0.39 is 20.0 Å². The Bertz CT molecular complexity index is 949. The molecule has 3 rings (SSSR count). The van der Waals surface area contributed by atoms with E-state index in [4.69, 9.17) is 21.1 Å². The number of sulfonamides is 2. The third-order valence-electron chi connectivity index (χ3n) is 4.93. The quantitative estimate of drug-likeness (QED) is 0.673. The van der Waals surface area contributed by atoms with Crippen molar-refractivity contribution in [3.05, 3.63) is 23.2 Å². The zero-order valence-corrected chi connectivity index (χ0v) is 19.3. The largest absolute Gasteiger partial charge is 0.373 e. The molecule has 2 aliphatic heterocycles. The van der Waals surface area contributed by atoms with Crippen LogP contribution in [-0.2, 0) is 29.5 Å². The summed E-state index contributed by atoms with van der Waals surface area (Å²) < 4.78 is 66.6. The summed E-state index contributed by atoms with van der Waals surface area (Å²) in [5.74, 6) is 0. The van der Waals surface area contributed by atoms with Crippen molar-refractivity contribution in [1.82, 2.24) is 8.61 Å². The van der Waals surface area contributed by atoms with Crippen molar-refractivity contribution in [3.63, 3.8) is 0 Å². The Morgan fingerprint density at radius 2 is 1.21 bits per heavy atom. The first kappa shape index (κ1) is 22.9. The van der Waals surface area contributed by atoms with Gasteiger partial charge in [0.2, 0.25) is 20.0 Å². The van der Waals surface area contributed by atoms with Gasteiger partial charge < -0.3 is 9.47 Å². The van der Waals surface area contributed by atoms with Crippen LogP contribution in [0.15, 0.2) is 28.0 Å². The maximum atomic E-state index is 13.2. The Hall–Kier alpha value is -0.750. The summed E-state index contributed by atoms with van der Waals surface area (Å²) in [5, 5.41) is -0.0144. The van der Waals surface area contributed by atoms with E-state index >= 15 is 0 Å². The van der Waals surface area contributed by atoms with Crippen molar-refractivity contribution < 1.29 is 26.3 Å². The first-order valence-corrected chi connectivity index (χ1v) is 12.8. The number of benzene rings is 1. The molecular weight excluding hydrogens is 440 g/mol. The van der Waals surface area contributed by atoms with Gasteiger partial charge in [0.15, 0.2) is 0 Å². The molecule has 2 fully saturated rings. The maximum absolute atomic E-state index is 13.2. The zero-order chi connectivity index (χ0) is 21.6. The van der Waals surface area contributed by atoms with Gasteiger partial charge in [0.25, 0.3) is 0 Å². The number of hydrogen-bond acceptors (Lipinski definition) is 6. The van der Waals surface area contributed by atoms with Gasteiger partial charge in [-0.3, -0.25) is 0 Å². The standard InChI is InChI=1S/C18H27ClN2O6S2/c1-12-8-20(9-13(2)26-12)28(22,23)16-5-6-17(19)18(7-16)29(24,25)21-10-14(3)27-15(4)11-21/h5-7,12-15H,8-11H2,1-4H3/t12-,13+,14-,15+. The van der Waals surface area contributed by atoms with Gasteiger partial charge in [-0.2, -0.15) is 8.61 Å². The van der Waals surface area contributed by atoms with E-state index in [1.54, 1.807) is 27.7 Å². The van der Waals surface area contributed by atoms with Crippen LogP contribution in [0.1, 0.15) is 27.7 Å². The summed E-state index contributed by atoms with van der Waals surface area (Å²) in [6.45, 7) is 7.96. The number of rotatable bonds is 4. The topological polar surface area (TPSA) is 93.2 Å². The Morgan fingerprint density at radius 1 is 0.793 bits per heavy atom. The highest BCUT2D eigenvalue weighted by molar-refractivity contribution is 7.90. The van der Waals surface area contributed by atoms with Gasteiger partial charge in [0.1, 0.15) is 4.90 Å². The van der Waals surface area contributed by atoms with Crippen molar-refractivity contribution in [2.75, 3.05) is 26.2 Å². The van der Waals surface area contributed by atoms with E-state index in [9.17, 15) is 16.8 Å². The van der Waals surface area contributed by atoms with Crippen molar-refractivity contribution in [2.24, 2.45) is 0 Å². The molecule has 0 saturated carbocycles. The molecule has 0 unspecified atom stereocenters. The Labute approximate surface area is 177 Å². The molecule has 4 atom stereocenters. The Balaban J connectivity index is 1.97. The lowest BCUT2D eigenvalue weighted by Gasteiger charge is -2.35. The lowest BCUT2D eigenvalue weighted by atomic mass is 10.3. The number of morpholine rings is 2. The molecule has 2 saturated heterocycles. The molecule has 0 aliphatic carbocycles. The molecular formula is C18H27ClN2O6S2. The van der Waals surface area contributed by atoms with Crippen LogP contribution in [0, 0.1) is 0 Å². The van der Waals surface area contributed by atoms with Crippen LogP contribution in [0.2, 0.25) is 5.02 Å². The van der Waals surface area contributed by atoms with Gasteiger partial charge in [0, 0.05) is 26.2 Å². The lowest BCUT2D eigenvalue weighted by Crippen LogP contribution is -2.48. The van der Waals surface area contributed by atoms with E-state index in [1.807, 2.05) is 0 Å². The van der Waals surface area contributed by atoms with E-state index in [0.717, 1.165) is 6.07 Å². The molecule has 0 spiro atoms. The number of ether oxygens (including phenoxy) is 2. The molecule has 164 valence electrons. The van der Waals surface area contributed by atoms with Crippen molar-refractivity contribution in [2.45, 2.75) is 61.9 Å². The molecule has 0 bridgehead atoms. The molecule has 2 aliphatic rings. The minimum Gasteiger partial charge on any atom is -0.373 e. The highest BCUT2D eigenvalue weighted by Crippen LogP contribution is 2.31. The van der Waals surface area contributed by atoms with Gasteiger partial charge >= 0.3 is 0 Å². The second-order valence-corrected chi connectivity index (χ2v) is 12.0. The molecule has 0 N–H and O–H groups in total. The van der Waals surface area contributed by atoms with Crippen molar-refractivity contribution >= 4 is 31.6 Å². The molecule has 2 heterocycles. The van der Waals surface area contributed by atoms with Crippen LogP contribution in [0.5, 0.6) is 0 Å². The predicted molar refractivity (Wildman–Crippen MR) is 109 cm³/mol. The van der Waals surface area contributed by atoms with Crippen LogP contribution in [0.3, 0.4) is 0 Å². The van der Waals surface area contributed by atoms with Crippen LogP contribution in [-0.4, -0.2) is 76.0 Å². The normalized spacial score (nSPS) is 30.4. The smallest absolute Gasteiger partial charge is 0.244 e. The summed E-state index contributed by atoms with van der Waals surface area (Å²) in [6, 6.07) is 3.82. The zero-order valence-electron chi connectivity index (χ0n) is 16.9. The van der Waals surface area contributed by atoms with Crippen LogP contribution >= 0.6 is 11.6 Å². The SMILES string of the molecule is C[C@@H]1CN(S(=O)(=O)c2ccc(Cl)c(S(=O)(=O)N3C[C@@H](C)O[C@@H](C)C3)c2)C[C@H](C)O1. The second kappa shape index (κ2) is 8.41. The average Bonchev–Trinajstić information content (AvgIpc) is 2.60. The average molecular weight is 467 g/mol. The Morgan fingerprint density at radius 3 is 1.66 bits per heavy atom. The van der Waals surface area contributed by atoms with Gasteiger partial charge in [-0.15, -0.1) is 0 Å². The molecule has 0 amide bonds. The van der Waals surface area contributed by atoms with Crippen LogP contribution in [0.4, 0.5) is 0 Å². The van der Waals surface area contributed by atoms with Gasteiger partial charge in [-0.1, -0.05) is 11.6 Å². The molecule has 1 aromatic rings. The highest BCUT2D eigenvalue weighted by atomic mass is 35.5. The van der Waals surface area contributed by atoms with Crippen molar-refractivity contribution in [3.8, 4) is 0 Å². The van der Waals surface area contributed by atoms with Crippen molar-refractivity contribution in [1.29, 1.82) is 0 Å². The van der Waals surface area contributed by atoms with E-state index in [0.29, 0.717) is 0 Å². The minimum absolute atomic E-state index is 0.0144.